The highest BCUT2D eigenvalue weighted by molar-refractivity contribution is 7.92. The molecule has 1 fully saturated rings. The number of primary amides is 1. The predicted octanol–water partition coefficient (Wildman–Crippen LogP) is 1.73. The number of hydrogen-bond acceptors (Lipinski definition) is 3. The summed E-state index contributed by atoms with van der Waals surface area (Å²) in [6.07, 6.45) is 1.76. The lowest BCUT2D eigenvalue weighted by Crippen LogP contribution is -2.20. The average molecular weight is 307 g/mol. The van der Waals surface area contributed by atoms with Crippen molar-refractivity contribution in [3.05, 3.63) is 28.5 Å². The molecule has 0 heterocycles. The van der Waals surface area contributed by atoms with Crippen molar-refractivity contribution in [2.24, 2.45) is 11.7 Å². The fourth-order valence-corrected chi connectivity index (χ4v) is 3.55. The van der Waals surface area contributed by atoms with Gasteiger partial charge in [0.05, 0.1) is 22.0 Å². The zero-order chi connectivity index (χ0) is 14.2. The number of nitrogens with one attached hydrogen (secondary N) is 1. The SMILES string of the molecule is NC(=O)c1c(F)ccc(NS(=O)(=O)CC2CC2)c1Cl. The molecule has 3 N–H and O–H groups in total. The second kappa shape index (κ2) is 4.97. The van der Waals surface area contributed by atoms with Gasteiger partial charge in [-0.3, -0.25) is 9.52 Å². The second-order valence-electron chi connectivity index (χ2n) is 4.48. The van der Waals surface area contributed by atoms with Crippen molar-refractivity contribution in [2.75, 3.05) is 10.5 Å². The van der Waals surface area contributed by atoms with Crippen LogP contribution in [0.4, 0.5) is 10.1 Å². The first-order valence-corrected chi connectivity index (χ1v) is 7.61. The number of nitrogens with two attached hydrogens (primary N) is 1. The molecule has 1 aliphatic carbocycles. The summed E-state index contributed by atoms with van der Waals surface area (Å²) < 4.78 is 39.2. The number of sulfonamides is 1. The summed E-state index contributed by atoms with van der Waals surface area (Å²) in [6.45, 7) is 0. The van der Waals surface area contributed by atoms with Gasteiger partial charge in [-0.25, -0.2) is 12.8 Å². The maximum atomic E-state index is 13.4. The molecule has 0 aliphatic heterocycles. The maximum absolute atomic E-state index is 13.4. The summed E-state index contributed by atoms with van der Waals surface area (Å²) in [4.78, 5) is 11.1. The largest absolute Gasteiger partial charge is 0.365 e. The zero-order valence-electron chi connectivity index (χ0n) is 9.82. The predicted molar refractivity (Wildman–Crippen MR) is 70.1 cm³/mol. The summed E-state index contributed by atoms with van der Waals surface area (Å²) in [6, 6.07) is 2.11. The third-order valence-corrected chi connectivity index (χ3v) is 4.59. The first-order valence-electron chi connectivity index (χ1n) is 5.58. The summed E-state index contributed by atoms with van der Waals surface area (Å²) >= 11 is 5.80. The van der Waals surface area contributed by atoms with Gasteiger partial charge >= 0.3 is 0 Å². The quantitative estimate of drug-likeness (QED) is 0.868. The van der Waals surface area contributed by atoms with Gasteiger partial charge in [0, 0.05) is 0 Å². The molecule has 0 bridgehead atoms. The van der Waals surface area contributed by atoms with Crippen molar-refractivity contribution in [1.82, 2.24) is 0 Å². The van der Waals surface area contributed by atoms with Gasteiger partial charge in [-0.1, -0.05) is 11.6 Å². The van der Waals surface area contributed by atoms with Gasteiger partial charge in [0.2, 0.25) is 10.0 Å². The van der Waals surface area contributed by atoms with E-state index in [0.29, 0.717) is 0 Å². The van der Waals surface area contributed by atoms with Crippen molar-refractivity contribution >= 4 is 33.2 Å². The van der Waals surface area contributed by atoms with E-state index in [1.165, 1.54) is 0 Å². The Morgan fingerprint density at radius 3 is 2.63 bits per heavy atom. The smallest absolute Gasteiger partial charge is 0.253 e. The number of carbonyl (C=O) groups excluding carboxylic acids is 1. The Hall–Kier alpha value is -1.34. The number of carbonyl (C=O) groups is 1. The van der Waals surface area contributed by atoms with E-state index < -0.39 is 27.3 Å². The molecule has 1 saturated carbocycles. The highest BCUT2D eigenvalue weighted by atomic mass is 35.5. The number of benzene rings is 1. The molecule has 0 radical (unpaired) electrons. The number of anilines is 1. The average Bonchev–Trinajstić information content (AvgIpc) is 3.05. The molecule has 1 aromatic carbocycles. The van der Waals surface area contributed by atoms with Gasteiger partial charge < -0.3 is 5.73 Å². The molecular formula is C11H12ClFN2O3S. The van der Waals surface area contributed by atoms with Crippen LogP contribution in [0.2, 0.25) is 5.02 Å². The van der Waals surface area contributed by atoms with Crippen LogP contribution in [0, 0.1) is 11.7 Å². The molecule has 0 saturated heterocycles. The van der Waals surface area contributed by atoms with Gasteiger partial charge in [0.25, 0.3) is 5.91 Å². The monoisotopic (exact) mass is 306 g/mol. The summed E-state index contributed by atoms with van der Waals surface area (Å²) in [5.74, 6) is -1.78. The third kappa shape index (κ3) is 3.36. The fraction of sp³-hybridized carbons (Fsp3) is 0.364. The molecule has 1 aromatic rings. The molecule has 0 unspecified atom stereocenters. The molecule has 8 heteroatoms. The first-order chi connectivity index (χ1) is 8.80. The molecule has 104 valence electrons. The first kappa shape index (κ1) is 14.1. The normalized spacial score (nSPS) is 15.3. The molecule has 0 atom stereocenters. The third-order valence-electron chi connectivity index (χ3n) is 2.76. The molecular weight excluding hydrogens is 295 g/mol. The van der Waals surface area contributed by atoms with Crippen LogP contribution in [0.25, 0.3) is 0 Å². The Bertz CT molecular complexity index is 629. The Morgan fingerprint density at radius 2 is 2.11 bits per heavy atom. The topological polar surface area (TPSA) is 89.3 Å². The molecule has 0 aromatic heterocycles. The van der Waals surface area contributed by atoms with Crippen LogP contribution in [-0.2, 0) is 10.0 Å². The Balaban J connectivity index is 2.30. The van der Waals surface area contributed by atoms with Crippen LogP contribution < -0.4 is 10.5 Å². The van der Waals surface area contributed by atoms with Crippen LogP contribution in [0.3, 0.4) is 0 Å². The van der Waals surface area contributed by atoms with Gasteiger partial charge in [-0.15, -0.1) is 0 Å². The number of halogens is 2. The van der Waals surface area contributed by atoms with E-state index in [-0.39, 0.29) is 22.4 Å². The summed E-state index contributed by atoms with van der Waals surface area (Å²) in [5, 5.41) is -0.327. The van der Waals surface area contributed by atoms with Crippen molar-refractivity contribution in [2.45, 2.75) is 12.8 Å². The van der Waals surface area contributed by atoms with E-state index in [1.807, 2.05) is 0 Å². The van der Waals surface area contributed by atoms with Crippen LogP contribution in [0.15, 0.2) is 12.1 Å². The lowest BCUT2D eigenvalue weighted by molar-refractivity contribution is 0.0996. The summed E-state index contributed by atoms with van der Waals surface area (Å²) in [7, 11) is -3.56. The number of amides is 1. The van der Waals surface area contributed by atoms with Gasteiger partial charge in [-0.05, 0) is 30.9 Å². The number of hydrogen-bond donors (Lipinski definition) is 2. The molecule has 5 nitrogen and oxygen atoms in total. The van der Waals surface area contributed by atoms with Gasteiger partial charge in [0.1, 0.15) is 5.82 Å². The van der Waals surface area contributed by atoms with E-state index in [0.717, 1.165) is 25.0 Å². The molecule has 2 rings (SSSR count). The molecule has 1 aliphatic rings. The minimum absolute atomic E-state index is 0.00733. The molecule has 19 heavy (non-hydrogen) atoms. The maximum Gasteiger partial charge on any atom is 0.253 e. The van der Waals surface area contributed by atoms with Gasteiger partial charge in [0.15, 0.2) is 0 Å². The van der Waals surface area contributed by atoms with E-state index in [9.17, 15) is 17.6 Å². The van der Waals surface area contributed by atoms with E-state index in [4.69, 9.17) is 17.3 Å². The van der Waals surface area contributed by atoms with Crippen LogP contribution in [0.5, 0.6) is 0 Å². The Kier molecular flexibility index (Phi) is 3.69. The van der Waals surface area contributed by atoms with Crippen LogP contribution in [0.1, 0.15) is 23.2 Å². The Labute approximate surface area is 115 Å². The lowest BCUT2D eigenvalue weighted by atomic mass is 10.2. The minimum atomic E-state index is -3.56. The van der Waals surface area contributed by atoms with Crippen LogP contribution in [-0.4, -0.2) is 20.1 Å². The van der Waals surface area contributed by atoms with Crippen LogP contribution >= 0.6 is 11.6 Å². The number of rotatable bonds is 5. The molecule has 1 amide bonds. The zero-order valence-corrected chi connectivity index (χ0v) is 11.4. The van der Waals surface area contributed by atoms with Crippen molar-refractivity contribution in [3.8, 4) is 0 Å². The highest BCUT2D eigenvalue weighted by Gasteiger charge is 2.29. The molecule has 0 spiro atoms. The van der Waals surface area contributed by atoms with E-state index in [2.05, 4.69) is 4.72 Å². The second-order valence-corrected chi connectivity index (χ2v) is 6.62. The highest BCUT2D eigenvalue weighted by Crippen LogP contribution is 2.32. The fourth-order valence-electron chi connectivity index (χ4n) is 1.66. The Morgan fingerprint density at radius 1 is 1.47 bits per heavy atom. The van der Waals surface area contributed by atoms with Gasteiger partial charge in [-0.2, -0.15) is 0 Å². The standard InChI is InChI=1S/C11H12ClFN2O3S/c12-10-8(4-3-7(13)9(10)11(14)16)15-19(17,18)5-6-1-2-6/h3-4,6,15H,1-2,5H2,(H2,14,16). The van der Waals surface area contributed by atoms with Crippen molar-refractivity contribution in [3.63, 3.8) is 0 Å². The lowest BCUT2D eigenvalue weighted by Gasteiger charge is -2.11. The van der Waals surface area contributed by atoms with E-state index in [1.54, 1.807) is 0 Å². The summed E-state index contributed by atoms with van der Waals surface area (Å²) in [5.41, 5.74) is 4.43. The van der Waals surface area contributed by atoms with Crippen molar-refractivity contribution < 1.29 is 17.6 Å². The minimum Gasteiger partial charge on any atom is -0.365 e. The van der Waals surface area contributed by atoms with E-state index >= 15 is 0 Å². The van der Waals surface area contributed by atoms with Crippen molar-refractivity contribution in [1.29, 1.82) is 0 Å².